The maximum atomic E-state index is 12.9. The zero-order valence-electron chi connectivity index (χ0n) is 14.7. The van der Waals surface area contributed by atoms with Gasteiger partial charge in [0.2, 0.25) is 11.9 Å². The van der Waals surface area contributed by atoms with Crippen molar-refractivity contribution in [3.05, 3.63) is 51.1 Å². The predicted molar refractivity (Wildman–Crippen MR) is 110 cm³/mol. The van der Waals surface area contributed by atoms with Gasteiger partial charge in [0.25, 0.3) is 5.56 Å². The SMILES string of the molecule is O=C(CCn1c(N2CCCC2)nc2ccsc2c1=O)Nc1cccc(Cl)c1. The van der Waals surface area contributed by atoms with Crippen LogP contribution in [0.1, 0.15) is 19.3 Å². The van der Waals surface area contributed by atoms with E-state index in [1.54, 1.807) is 28.8 Å². The van der Waals surface area contributed by atoms with Crippen molar-refractivity contribution in [3.8, 4) is 0 Å². The van der Waals surface area contributed by atoms with E-state index in [0.717, 1.165) is 31.4 Å². The summed E-state index contributed by atoms with van der Waals surface area (Å²) in [5.41, 5.74) is 1.30. The fourth-order valence-electron chi connectivity index (χ4n) is 3.30. The van der Waals surface area contributed by atoms with Gasteiger partial charge < -0.3 is 10.2 Å². The smallest absolute Gasteiger partial charge is 0.272 e. The third kappa shape index (κ3) is 3.84. The van der Waals surface area contributed by atoms with Gasteiger partial charge in [0.1, 0.15) is 4.70 Å². The molecule has 1 saturated heterocycles. The number of rotatable bonds is 5. The second kappa shape index (κ2) is 7.70. The molecular formula is C19H19ClN4O2S. The molecule has 8 heteroatoms. The van der Waals surface area contributed by atoms with Gasteiger partial charge in [0.05, 0.1) is 5.52 Å². The highest BCUT2D eigenvalue weighted by Crippen LogP contribution is 2.22. The standard InChI is InChI=1S/C19H19ClN4O2S/c20-13-4-3-5-14(12-13)21-16(25)6-10-24-18(26)17-15(7-11-27-17)22-19(24)23-8-1-2-9-23/h3-5,7,11-12H,1-2,6,8-10H2,(H,21,25). The Morgan fingerprint density at radius 3 is 2.85 bits per heavy atom. The van der Waals surface area contributed by atoms with Crippen molar-refractivity contribution in [1.29, 1.82) is 0 Å². The van der Waals surface area contributed by atoms with Gasteiger partial charge >= 0.3 is 0 Å². The molecule has 6 nitrogen and oxygen atoms in total. The number of fused-ring (bicyclic) bond motifs is 1. The molecule has 1 N–H and O–H groups in total. The molecule has 0 spiro atoms. The van der Waals surface area contributed by atoms with Gasteiger partial charge in [-0.25, -0.2) is 4.98 Å². The van der Waals surface area contributed by atoms with Crippen LogP contribution in [0, 0.1) is 0 Å². The lowest BCUT2D eigenvalue weighted by atomic mass is 10.3. The maximum Gasteiger partial charge on any atom is 0.272 e. The van der Waals surface area contributed by atoms with E-state index in [1.165, 1.54) is 11.3 Å². The molecule has 3 aromatic rings. The Bertz CT molecular complexity index is 1040. The molecule has 1 amide bonds. The summed E-state index contributed by atoms with van der Waals surface area (Å²) in [6.07, 6.45) is 2.37. The van der Waals surface area contributed by atoms with Gasteiger partial charge in [-0.1, -0.05) is 17.7 Å². The normalized spacial score (nSPS) is 14.0. The number of carbonyl (C=O) groups excluding carboxylic acids is 1. The van der Waals surface area contributed by atoms with E-state index in [0.29, 0.717) is 21.4 Å². The first-order valence-electron chi connectivity index (χ1n) is 8.90. The van der Waals surface area contributed by atoms with Crippen LogP contribution in [0.15, 0.2) is 40.5 Å². The molecule has 2 aromatic heterocycles. The van der Waals surface area contributed by atoms with Gasteiger partial charge in [0, 0.05) is 36.8 Å². The van der Waals surface area contributed by atoms with Crippen molar-refractivity contribution in [2.45, 2.75) is 25.8 Å². The molecule has 0 atom stereocenters. The van der Waals surface area contributed by atoms with Gasteiger partial charge in [-0.3, -0.25) is 14.2 Å². The molecule has 0 aliphatic carbocycles. The summed E-state index contributed by atoms with van der Waals surface area (Å²) in [4.78, 5) is 32.1. The largest absolute Gasteiger partial charge is 0.342 e. The van der Waals surface area contributed by atoms with E-state index in [4.69, 9.17) is 16.6 Å². The summed E-state index contributed by atoms with van der Waals surface area (Å²) in [6, 6.07) is 8.88. The number of amides is 1. The summed E-state index contributed by atoms with van der Waals surface area (Å²) in [5, 5.41) is 5.26. The lowest BCUT2D eigenvalue weighted by Gasteiger charge is -2.21. The number of nitrogens with one attached hydrogen (secondary N) is 1. The number of nitrogens with zero attached hydrogens (tertiary/aromatic N) is 3. The Labute approximate surface area is 165 Å². The van der Waals surface area contributed by atoms with Gasteiger partial charge in [-0.15, -0.1) is 11.3 Å². The highest BCUT2D eigenvalue weighted by Gasteiger charge is 2.21. The molecule has 0 bridgehead atoms. The van der Waals surface area contributed by atoms with Crippen molar-refractivity contribution in [3.63, 3.8) is 0 Å². The first kappa shape index (κ1) is 18.0. The summed E-state index contributed by atoms with van der Waals surface area (Å²) in [7, 11) is 0. The highest BCUT2D eigenvalue weighted by atomic mass is 35.5. The molecule has 0 unspecified atom stereocenters. The number of thiophene rings is 1. The molecule has 27 heavy (non-hydrogen) atoms. The Balaban J connectivity index is 1.57. The van der Waals surface area contributed by atoms with Gasteiger partial charge in [0.15, 0.2) is 0 Å². The predicted octanol–water partition coefficient (Wildman–Crippen LogP) is 3.74. The minimum absolute atomic E-state index is 0.0764. The molecule has 3 heterocycles. The van der Waals surface area contributed by atoms with Crippen molar-refractivity contribution < 1.29 is 4.79 Å². The lowest BCUT2D eigenvalue weighted by molar-refractivity contribution is -0.116. The van der Waals surface area contributed by atoms with E-state index in [9.17, 15) is 9.59 Å². The van der Waals surface area contributed by atoms with Crippen LogP contribution in [0.3, 0.4) is 0 Å². The lowest BCUT2D eigenvalue weighted by Crippen LogP contribution is -2.32. The van der Waals surface area contributed by atoms with Gasteiger partial charge in [-0.05, 0) is 42.5 Å². The maximum absolute atomic E-state index is 12.9. The number of aromatic nitrogens is 2. The summed E-state index contributed by atoms with van der Waals surface area (Å²) in [6.45, 7) is 2.06. The van der Waals surface area contributed by atoms with E-state index in [2.05, 4.69) is 10.2 Å². The topological polar surface area (TPSA) is 67.2 Å². The fourth-order valence-corrected chi connectivity index (χ4v) is 4.26. The van der Waals surface area contributed by atoms with Crippen molar-refractivity contribution >= 4 is 50.7 Å². The van der Waals surface area contributed by atoms with Crippen LogP contribution in [0.2, 0.25) is 5.02 Å². The first-order valence-corrected chi connectivity index (χ1v) is 10.2. The van der Waals surface area contributed by atoms with E-state index in [-0.39, 0.29) is 24.4 Å². The summed E-state index contributed by atoms with van der Waals surface area (Å²) >= 11 is 7.34. The molecule has 1 aromatic carbocycles. The van der Waals surface area contributed by atoms with Crippen molar-refractivity contribution in [2.75, 3.05) is 23.3 Å². The average molecular weight is 403 g/mol. The van der Waals surface area contributed by atoms with Crippen LogP contribution in [0.4, 0.5) is 11.6 Å². The second-order valence-corrected chi connectivity index (χ2v) is 7.86. The van der Waals surface area contributed by atoms with E-state index >= 15 is 0 Å². The minimum Gasteiger partial charge on any atom is -0.342 e. The first-order chi connectivity index (χ1) is 13.1. The Hall–Kier alpha value is -2.38. The fraction of sp³-hybridized carbons (Fsp3) is 0.316. The number of hydrogen-bond acceptors (Lipinski definition) is 5. The van der Waals surface area contributed by atoms with Crippen LogP contribution in [0.25, 0.3) is 10.2 Å². The third-order valence-corrected chi connectivity index (χ3v) is 5.73. The molecule has 0 radical (unpaired) electrons. The van der Waals surface area contributed by atoms with Gasteiger partial charge in [-0.2, -0.15) is 0 Å². The number of anilines is 2. The average Bonchev–Trinajstić information content (AvgIpc) is 3.32. The third-order valence-electron chi connectivity index (χ3n) is 4.61. The Kier molecular flexibility index (Phi) is 5.13. The molecule has 4 rings (SSSR count). The molecule has 0 saturated carbocycles. The minimum atomic E-state index is -0.164. The molecule has 1 fully saturated rings. The zero-order valence-corrected chi connectivity index (χ0v) is 16.2. The van der Waals surface area contributed by atoms with E-state index in [1.807, 2.05) is 11.4 Å². The number of carbonyl (C=O) groups is 1. The highest BCUT2D eigenvalue weighted by molar-refractivity contribution is 7.17. The van der Waals surface area contributed by atoms with Crippen LogP contribution in [0.5, 0.6) is 0 Å². The van der Waals surface area contributed by atoms with Crippen molar-refractivity contribution in [1.82, 2.24) is 9.55 Å². The second-order valence-electron chi connectivity index (χ2n) is 6.51. The van der Waals surface area contributed by atoms with E-state index < -0.39 is 0 Å². The molecule has 140 valence electrons. The van der Waals surface area contributed by atoms with Crippen LogP contribution < -0.4 is 15.8 Å². The zero-order chi connectivity index (χ0) is 18.8. The summed E-state index contributed by atoms with van der Waals surface area (Å²) in [5.74, 6) is 0.502. The molecular weight excluding hydrogens is 384 g/mol. The Morgan fingerprint density at radius 1 is 1.26 bits per heavy atom. The van der Waals surface area contributed by atoms with Crippen LogP contribution in [-0.4, -0.2) is 28.5 Å². The Morgan fingerprint density at radius 2 is 2.07 bits per heavy atom. The van der Waals surface area contributed by atoms with Crippen molar-refractivity contribution in [2.24, 2.45) is 0 Å². The number of halogens is 1. The number of benzene rings is 1. The van der Waals surface area contributed by atoms with Crippen LogP contribution in [-0.2, 0) is 11.3 Å². The summed E-state index contributed by atoms with van der Waals surface area (Å²) < 4.78 is 2.27. The monoisotopic (exact) mass is 402 g/mol. The number of hydrogen-bond donors (Lipinski definition) is 1. The quantitative estimate of drug-likeness (QED) is 0.705. The molecule has 1 aliphatic rings. The van der Waals surface area contributed by atoms with Crippen LogP contribution >= 0.6 is 22.9 Å². The molecule has 1 aliphatic heterocycles.